The maximum absolute atomic E-state index is 9.72. The van der Waals surface area contributed by atoms with Gasteiger partial charge < -0.3 is 9.84 Å². The fourth-order valence-electron chi connectivity index (χ4n) is 1.69. The molecule has 16 heavy (non-hydrogen) atoms. The second kappa shape index (κ2) is 5.55. The summed E-state index contributed by atoms with van der Waals surface area (Å²) in [7, 11) is 0. The van der Waals surface area contributed by atoms with E-state index in [-0.39, 0.29) is 0 Å². The summed E-state index contributed by atoms with van der Waals surface area (Å²) in [6.45, 7) is 8.41. The summed E-state index contributed by atoms with van der Waals surface area (Å²) in [4.78, 5) is 0. The van der Waals surface area contributed by atoms with Gasteiger partial charge in [-0.15, -0.1) is 0 Å². The third kappa shape index (κ3) is 2.89. The Bertz CT molecular complexity index is 330. The molecule has 0 aliphatic rings. The van der Waals surface area contributed by atoms with Crippen molar-refractivity contribution in [1.29, 1.82) is 0 Å². The summed E-state index contributed by atoms with van der Waals surface area (Å²) in [6.07, 6.45) is -0.572. The second-order valence-corrected chi connectivity index (χ2v) is 4.61. The molecule has 0 bridgehead atoms. The van der Waals surface area contributed by atoms with E-state index < -0.39 is 6.10 Å². The first kappa shape index (κ1) is 13.3. The van der Waals surface area contributed by atoms with Crippen molar-refractivity contribution in [2.75, 3.05) is 6.61 Å². The third-order valence-electron chi connectivity index (χ3n) is 2.47. The molecule has 3 heteroatoms. The van der Waals surface area contributed by atoms with Crippen molar-refractivity contribution in [1.82, 2.24) is 0 Å². The van der Waals surface area contributed by atoms with Crippen LogP contribution in [0.2, 0.25) is 5.02 Å². The summed E-state index contributed by atoms with van der Waals surface area (Å²) in [5.74, 6) is 1.09. The molecule has 0 spiro atoms. The number of aliphatic hydroxyl groups excluding tert-OH is 1. The lowest BCUT2D eigenvalue weighted by Gasteiger charge is -2.19. The molecule has 90 valence electrons. The quantitative estimate of drug-likeness (QED) is 0.867. The zero-order valence-corrected chi connectivity index (χ0v) is 11.0. The molecule has 0 aromatic heterocycles. The minimum Gasteiger partial charge on any atom is -0.493 e. The first-order chi connectivity index (χ1) is 7.47. The summed E-state index contributed by atoms with van der Waals surface area (Å²) >= 11 is 6.04. The number of rotatable bonds is 4. The molecule has 0 radical (unpaired) electrons. The number of aliphatic hydroxyl groups is 1. The van der Waals surface area contributed by atoms with Crippen molar-refractivity contribution in [3.05, 3.63) is 28.3 Å². The molecular formula is C13H19ClO2. The van der Waals surface area contributed by atoms with Crippen LogP contribution in [0.5, 0.6) is 5.75 Å². The van der Waals surface area contributed by atoms with E-state index in [1.54, 1.807) is 13.0 Å². The highest BCUT2D eigenvalue weighted by Gasteiger charge is 2.17. The Morgan fingerprint density at radius 3 is 2.25 bits per heavy atom. The molecule has 0 heterocycles. The van der Waals surface area contributed by atoms with Crippen molar-refractivity contribution in [3.63, 3.8) is 0 Å². The fourth-order valence-corrected chi connectivity index (χ4v) is 1.92. The fraction of sp³-hybridized carbons (Fsp3) is 0.538. The predicted octanol–water partition coefficient (Wildman–Crippen LogP) is 3.92. The van der Waals surface area contributed by atoms with Crippen LogP contribution in [0.25, 0.3) is 0 Å². The lowest BCUT2D eigenvalue weighted by molar-refractivity contribution is 0.191. The first-order valence-electron chi connectivity index (χ1n) is 5.61. The third-order valence-corrected chi connectivity index (χ3v) is 2.69. The van der Waals surface area contributed by atoms with Crippen LogP contribution in [0.15, 0.2) is 12.1 Å². The standard InChI is InChI=1S/C13H19ClO2/c1-5-16-13-11(8(2)3)6-10(14)7-12(13)9(4)15/h6-9,15H,5H2,1-4H3. The van der Waals surface area contributed by atoms with Gasteiger partial charge >= 0.3 is 0 Å². The van der Waals surface area contributed by atoms with Gasteiger partial charge in [-0.05, 0) is 37.5 Å². The van der Waals surface area contributed by atoms with Gasteiger partial charge in [-0.3, -0.25) is 0 Å². The van der Waals surface area contributed by atoms with E-state index in [1.807, 2.05) is 13.0 Å². The van der Waals surface area contributed by atoms with Gasteiger partial charge in [0.25, 0.3) is 0 Å². The molecule has 1 aromatic rings. The monoisotopic (exact) mass is 242 g/mol. The molecule has 0 saturated heterocycles. The summed E-state index contributed by atoms with van der Waals surface area (Å²) in [6, 6.07) is 3.67. The average Bonchev–Trinajstić information content (AvgIpc) is 2.19. The van der Waals surface area contributed by atoms with Gasteiger partial charge in [0.1, 0.15) is 5.75 Å². The molecule has 1 atom stereocenters. The lowest BCUT2D eigenvalue weighted by Crippen LogP contribution is -2.04. The lowest BCUT2D eigenvalue weighted by atomic mass is 9.97. The number of benzene rings is 1. The van der Waals surface area contributed by atoms with E-state index in [0.29, 0.717) is 17.5 Å². The van der Waals surface area contributed by atoms with Gasteiger partial charge in [0.15, 0.2) is 0 Å². The Hall–Kier alpha value is -0.730. The Morgan fingerprint density at radius 1 is 1.25 bits per heavy atom. The molecule has 0 aliphatic carbocycles. The highest BCUT2D eigenvalue weighted by atomic mass is 35.5. The molecule has 1 N–H and O–H groups in total. The van der Waals surface area contributed by atoms with Crippen LogP contribution in [-0.4, -0.2) is 11.7 Å². The van der Waals surface area contributed by atoms with Crippen LogP contribution in [0.4, 0.5) is 0 Å². The van der Waals surface area contributed by atoms with E-state index >= 15 is 0 Å². The van der Waals surface area contributed by atoms with Gasteiger partial charge in [0, 0.05) is 10.6 Å². The van der Waals surface area contributed by atoms with Crippen molar-refractivity contribution in [3.8, 4) is 5.75 Å². The smallest absolute Gasteiger partial charge is 0.128 e. The predicted molar refractivity (Wildman–Crippen MR) is 67.3 cm³/mol. The minimum atomic E-state index is -0.572. The number of hydrogen-bond acceptors (Lipinski definition) is 2. The van der Waals surface area contributed by atoms with E-state index in [0.717, 1.165) is 16.9 Å². The van der Waals surface area contributed by atoms with Crippen molar-refractivity contribution in [2.45, 2.75) is 39.7 Å². The van der Waals surface area contributed by atoms with E-state index in [4.69, 9.17) is 16.3 Å². The van der Waals surface area contributed by atoms with Gasteiger partial charge in [-0.2, -0.15) is 0 Å². The highest BCUT2D eigenvalue weighted by Crippen LogP contribution is 2.36. The average molecular weight is 243 g/mol. The zero-order valence-electron chi connectivity index (χ0n) is 10.2. The molecule has 2 nitrogen and oxygen atoms in total. The largest absolute Gasteiger partial charge is 0.493 e. The number of ether oxygens (including phenoxy) is 1. The molecule has 1 unspecified atom stereocenters. The molecule has 0 fully saturated rings. The van der Waals surface area contributed by atoms with Gasteiger partial charge in [0.2, 0.25) is 0 Å². The number of halogens is 1. The summed E-state index contributed by atoms with van der Waals surface area (Å²) in [5, 5.41) is 10.4. The molecule has 1 rings (SSSR count). The highest BCUT2D eigenvalue weighted by molar-refractivity contribution is 6.30. The minimum absolute atomic E-state index is 0.317. The van der Waals surface area contributed by atoms with Crippen LogP contribution in [0.3, 0.4) is 0 Å². The van der Waals surface area contributed by atoms with E-state index in [1.165, 1.54) is 0 Å². The SMILES string of the molecule is CCOc1c(C(C)C)cc(Cl)cc1C(C)O. The van der Waals surface area contributed by atoms with E-state index in [9.17, 15) is 5.11 Å². The van der Waals surface area contributed by atoms with Gasteiger partial charge in [-0.1, -0.05) is 25.4 Å². The summed E-state index contributed by atoms with van der Waals surface area (Å²) in [5.41, 5.74) is 1.81. The van der Waals surface area contributed by atoms with Crippen LogP contribution >= 0.6 is 11.6 Å². The maximum atomic E-state index is 9.72. The molecular weight excluding hydrogens is 224 g/mol. The second-order valence-electron chi connectivity index (χ2n) is 4.18. The van der Waals surface area contributed by atoms with Crippen molar-refractivity contribution < 1.29 is 9.84 Å². The molecule has 0 aliphatic heterocycles. The van der Waals surface area contributed by atoms with Crippen LogP contribution in [-0.2, 0) is 0 Å². The van der Waals surface area contributed by atoms with Crippen LogP contribution in [0, 0.1) is 0 Å². The van der Waals surface area contributed by atoms with Gasteiger partial charge in [-0.25, -0.2) is 0 Å². The zero-order chi connectivity index (χ0) is 12.3. The Morgan fingerprint density at radius 2 is 1.81 bits per heavy atom. The van der Waals surface area contributed by atoms with E-state index in [2.05, 4.69) is 13.8 Å². The first-order valence-corrected chi connectivity index (χ1v) is 5.99. The topological polar surface area (TPSA) is 29.5 Å². The normalized spacial score (nSPS) is 12.9. The maximum Gasteiger partial charge on any atom is 0.128 e. The Kier molecular flexibility index (Phi) is 4.63. The van der Waals surface area contributed by atoms with Gasteiger partial charge in [0.05, 0.1) is 12.7 Å². The van der Waals surface area contributed by atoms with Crippen molar-refractivity contribution in [2.24, 2.45) is 0 Å². The van der Waals surface area contributed by atoms with Crippen LogP contribution < -0.4 is 4.74 Å². The molecule has 0 saturated carbocycles. The van der Waals surface area contributed by atoms with Crippen molar-refractivity contribution >= 4 is 11.6 Å². The van der Waals surface area contributed by atoms with Crippen LogP contribution in [0.1, 0.15) is 50.8 Å². The molecule has 1 aromatic carbocycles. The Labute approximate surface area is 102 Å². The molecule has 0 amide bonds. The number of hydrogen-bond donors (Lipinski definition) is 1. The summed E-state index contributed by atoms with van der Waals surface area (Å²) < 4.78 is 5.63. The Balaban J connectivity index is 3.35.